The Bertz CT molecular complexity index is 165. The predicted octanol–water partition coefficient (Wildman–Crippen LogP) is 6.04. The van der Waals surface area contributed by atoms with Crippen LogP contribution in [0.3, 0.4) is 0 Å². The first-order valence-corrected chi connectivity index (χ1v) is 7.21. The van der Waals surface area contributed by atoms with E-state index in [1.165, 1.54) is 64.2 Å². The van der Waals surface area contributed by atoms with Crippen molar-refractivity contribution in [2.24, 2.45) is 0 Å². The first-order chi connectivity index (χ1) is 7.91. The molecule has 0 aliphatic carbocycles. The molecule has 0 aromatic rings. The number of rotatable bonds is 11. The molecule has 0 bridgehead atoms. The van der Waals surface area contributed by atoms with Crippen molar-refractivity contribution in [2.75, 3.05) is 0 Å². The van der Waals surface area contributed by atoms with Crippen LogP contribution in [0.5, 0.6) is 0 Å². The van der Waals surface area contributed by atoms with Gasteiger partial charge in [-0.3, -0.25) is 0 Å². The summed E-state index contributed by atoms with van der Waals surface area (Å²) in [6.45, 7) is 4.43. The fourth-order valence-electron chi connectivity index (χ4n) is 1.74. The van der Waals surface area contributed by atoms with E-state index in [-0.39, 0.29) is 0 Å². The third kappa shape index (κ3) is 13.5. The Morgan fingerprint density at radius 3 is 1.62 bits per heavy atom. The van der Waals surface area contributed by atoms with Crippen LogP contribution in [0.15, 0.2) is 24.3 Å². The molecule has 0 amide bonds. The summed E-state index contributed by atoms with van der Waals surface area (Å²) in [6.07, 6.45) is 22.6. The van der Waals surface area contributed by atoms with Crippen molar-refractivity contribution in [1.29, 1.82) is 0 Å². The van der Waals surface area contributed by atoms with Crippen LogP contribution in [0.4, 0.5) is 0 Å². The number of hydrogen-bond acceptors (Lipinski definition) is 0. The van der Waals surface area contributed by atoms with Crippen LogP contribution >= 0.6 is 0 Å². The molecule has 0 spiro atoms. The van der Waals surface area contributed by atoms with Crippen LogP contribution in [0.25, 0.3) is 0 Å². The minimum absolute atomic E-state index is 1.18. The van der Waals surface area contributed by atoms with Gasteiger partial charge in [0.25, 0.3) is 0 Å². The molecule has 0 aliphatic heterocycles. The minimum atomic E-state index is 1.18. The van der Waals surface area contributed by atoms with Gasteiger partial charge in [0.15, 0.2) is 0 Å². The summed E-state index contributed by atoms with van der Waals surface area (Å²) >= 11 is 0. The minimum Gasteiger partial charge on any atom is -0.0888 e. The third-order valence-corrected chi connectivity index (χ3v) is 2.77. The van der Waals surface area contributed by atoms with Gasteiger partial charge in [-0.15, -0.1) is 0 Å². The van der Waals surface area contributed by atoms with Crippen molar-refractivity contribution in [3.05, 3.63) is 24.3 Å². The maximum atomic E-state index is 2.35. The molecule has 0 atom stereocenters. The second-order valence-electron chi connectivity index (χ2n) is 4.48. The molecule has 0 rings (SSSR count). The Morgan fingerprint density at radius 2 is 1.06 bits per heavy atom. The van der Waals surface area contributed by atoms with Crippen molar-refractivity contribution >= 4 is 0 Å². The highest BCUT2D eigenvalue weighted by Gasteiger charge is 1.88. The Morgan fingerprint density at radius 1 is 0.562 bits per heavy atom. The van der Waals surface area contributed by atoms with Crippen molar-refractivity contribution in [3.63, 3.8) is 0 Å². The summed E-state index contributed by atoms with van der Waals surface area (Å²) in [5, 5.41) is 0. The number of unbranched alkanes of at least 4 members (excludes halogenated alkanes) is 7. The Kier molecular flexibility index (Phi) is 14.0. The zero-order valence-electron chi connectivity index (χ0n) is 11.4. The molecule has 0 nitrogen and oxygen atoms in total. The lowest BCUT2D eigenvalue weighted by molar-refractivity contribution is 0.621. The average molecular weight is 222 g/mol. The molecule has 94 valence electrons. The Balaban J connectivity index is 3.01. The molecule has 0 aromatic carbocycles. The summed E-state index contributed by atoms with van der Waals surface area (Å²) in [7, 11) is 0. The van der Waals surface area contributed by atoms with Crippen LogP contribution in [-0.4, -0.2) is 0 Å². The molecule has 0 fully saturated rings. The van der Waals surface area contributed by atoms with E-state index in [9.17, 15) is 0 Å². The molecular weight excluding hydrogens is 192 g/mol. The lowest BCUT2D eigenvalue weighted by Crippen LogP contribution is -1.78. The SMILES string of the molecule is CCC=CCCCCCCCC=CCCC. The molecule has 0 heterocycles. The van der Waals surface area contributed by atoms with E-state index in [0.29, 0.717) is 0 Å². The molecule has 16 heavy (non-hydrogen) atoms. The van der Waals surface area contributed by atoms with E-state index in [0.717, 1.165) is 0 Å². The molecule has 0 saturated carbocycles. The molecule has 0 radical (unpaired) electrons. The number of allylic oxidation sites excluding steroid dienone is 4. The highest BCUT2D eigenvalue weighted by atomic mass is 13.9. The lowest BCUT2D eigenvalue weighted by atomic mass is 10.1. The largest absolute Gasteiger partial charge is 0.0888 e. The summed E-state index contributed by atoms with van der Waals surface area (Å²) < 4.78 is 0. The van der Waals surface area contributed by atoms with Crippen molar-refractivity contribution in [1.82, 2.24) is 0 Å². The van der Waals surface area contributed by atoms with Crippen LogP contribution in [-0.2, 0) is 0 Å². The fraction of sp³-hybridized carbons (Fsp3) is 0.750. The van der Waals surface area contributed by atoms with Crippen LogP contribution in [0.1, 0.15) is 78.1 Å². The first-order valence-electron chi connectivity index (χ1n) is 7.21. The molecule has 0 aromatic heterocycles. The first kappa shape index (κ1) is 15.5. The zero-order valence-corrected chi connectivity index (χ0v) is 11.4. The number of hydrogen-bond donors (Lipinski definition) is 0. The van der Waals surface area contributed by atoms with E-state index in [1.54, 1.807) is 0 Å². The van der Waals surface area contributed by atoms with E-state index in [4.69, 9.17) is 0 Å². The maximum Gasteiger partial charge on any atom is -0.0351 e. The third-order valence-electron chi connectivity index (χ3n) is 2.77. The zero-order chi connectivity index (χ0) is 11.9. The Labute approximate surface area is 103 Å². The van der Waals surface area contributed by atoms with Gasteiger partial charge in [0.1, 0.15) is 0 Å². The van der Waals surface area contributed by atoms with Gasteiger partial charge in [0.05, 0.1) is 0 Å². The van der Waals surface area contributed by atoms with Gasteiger partial charge < -0.3 is 0 Å². The van der Waals surface area contributed by atoms with Crippen molar-refractivity contribution in [2.45, 2.75) is 78.1 Å². The maximum absolute atomic E-state index is 2.35. The van der Waals surface area contributed by atoms with Gasteiger partial charge in [-0.2, -0.15) is 0 Å². The quantitative estimate of drug-likeness (QED) is 0.295. The fourth-order valence-corrected chi connectivity index (χ4v) is 1.74. The second-order valence-corrected chi connectivity index (χ2v) is 4.48. The van der Waals surface area contributed by atoms with E-state index in [1.807, 2.05) is 0 Å². The van der Waals surface area contributed by atoms with E-state index in [2.05, 4.69) is 38.2 Å². The average Bonchev–Trinajstić information content (AvgIpc) is 2.31. The smallest absolute Gasteiger partial charge is 0.0351 e. The van der Waals surface area contributed by atoms with Gasteiger partial charge in [0.2, 0.25) is 0 Å². The predicted molar refractivity (Wildman–Crippen MR) is 75.8 cm³/mol. The standard InChI is InChI=1S/C16H30/c1-3-5-7-9-11-13-15-16-14-12-10-8-6-4-2/h5,7-8,10H,3-4,6,9,11-16H2,1-2H3. The van der Waals surface area contributed by atoms with Crippen molar-refractivity contribution < 1.29 is 0 Å². The molecular formula is C16H30. The highest BCUT2D eigenvalue weighted by Crippen LogP contribution is 2.08. The van der Waals surface area contributed by atoms with Crippen LogP contribution in [0, 0.1) is 0 Å². The molecule has 0 heteroatoms. The van der Waals surface area contributed by atoms with Crippen molar-refractivity contribution in [3.8, 4) is 0 Å². The van der Waals surface area contributed by atoms with Gasteiger partial charge >= 0.3 is 0 Å². The second kappa shape index (κ2) is 14.5. The van der Waals surface area contributed by atoms with Crippen LogP contribution in [0.2, 0.25) is 0 Å². The normalized spacial score (nSPS) is 11.9. The molecule has 0 saturated heterocycles. The summed E-state index contributed by atoms with van der Waals surface area (Å²) in [4.78, 5) is 0. The highest BCUT2D eigenvalue weighted by molar-refractivity contribution is 4.81. The summed E-state index contributed by atoms with van der Waals surface area (Å²) in [5.41, 5.74) is 0. The van der Waals surface area contributed by atoms with Gasteiger partial charge in [0, 0.05) is 0 Å². The summed E-state index contributed by atoms with van der Waals surface area (Å²) in [6, 6.07) is 0. The monoisotopic (exact) mass is 222 g/mol. The van der Waals surface area contributed by atoms with Crippen LogP contribution < -0.4 is 0 Å². The molecule has 0 aliphatic rings. The van der Waals surface area contributed by atoms with E-state index >= 15 is 0 Å². The van der Waals surface area contributed by atoms with E-state index < -0.39 is 0 Å². The topological polar surface area (TPSA) is 0 Å². The molecule has 0 unspecified atom stereocenters. The Hall–Kier alpha value is -0.520. The van der Waals surface area contributed by atoms with Gasteiger partial charge in [-0.05, 0) is 38.5 Å². The lowest BCUT2D eigenvalue weighted by Gasteiger charge is -1.98. The molecule has 0 N–H and O–H groups in total. The van der Waals surface area contributed by atoms with Gasteiger partial charge in [-0.1, -0.05) is 63.8 Å². The van der Waals surface area contributed by atoms with Gasteiger partial charge in [-0.25, -0.2) is 0 Å². The summed E-state index contributed by atoms with van der Waals surface area (Å²) in [5.74, 6) is 0.